The van der Waals surface area contributed by atoms with Crippen LogP contribution < -0.4 is 10.1 Å². The van der Waals surface area contributed by atoms with E-state index < -0.39 is 0 Å². The summed E-state index contributed by atoms with van der Waals surface area (Å²) >= 11 is 1.25. The number of nitrogens with zero attached hydrogens (tertiary/aromatic N) is 1. The second kappa shape index (κ2) is 8.71. The Kier molecular flexibility index (Phi) is 5.68. The summed E-state index contributed by atoms with van der Waals surface area (Å²) in [6, 6.07) is 25.2. The average Bonchev–Trinajstić information content (AvgIpc) is 3.23. The Bertz CT molecular complexity index is 1170. The number of hydrogen-bond donors (Lipinski definition) is 1. The SMILES string of the molecule is COc1ccc(-c2nc(NC(=O)c3ccccc3)c(C(=O)c3ccccc3)s2)cc1. The minimum atomic E-state index is -0.315. The van der Waals surface area contributed by atoms with Crippen LogP contribution in [0.4, 0.5) is 5.82 Å². The Balaban J connectivity index is 1.73. The van der Waals surface area contributed by atoms with Crippen molar-refractivity contribution in [2.45, 2.75) is 0 Å². The number of thiazole rings is 1. The second-order valence-corrected chi connectivity index (χ2v) is 7.44. The van der Waals surface area contributed by atoms with E-state index in [-0.39, 0.29) is 17.5 Å². The normalized spacial score (nSPS) is 10.4. The predicted octanol–water partition coefficient (Wildman–Crippen LogP) is 5.30. The minimum Gasteiger partial charge on any atom is -0.497 e. The molecule has 0 aliphatic carbocycles. The highest BCUT2D eigenvalue weighted by molar-refractivity contribution is 7.17. The first-order valence-electron chi connectivity index (χ1n) is 9.27. The van der Waals surface area contributed by atoms with Crippen LogP contribution >= 0.6 is 11.3 Å². The van der Waals surface area contributed by atoms with Gasteiger partial charge in [0.25, 0.3) is 5.91 Å². The van der Waals surface area contributed by atoms with E-state index in [1.165, 1.54) is 11.3 Å². The molecule has 0 atom stereocenters. The van der Waals surface area contributed by atoms with Crippen LogP contribution in [0.2, 0.25) is 0 Å². The molecule has 3 aromatic carbocycles. The van der Waals surface area contributed by atoms with E-state index in [4.69, 9.17) is 4.74 Å². The second-order valence-electron chi connectivity index (χ2n) is 6.44. The van der Waals surface area contributed by atoms with Crippen molar-refractivity contribution in [2.24, 2.45) is 0 Å². The zero-order valence-corrected chi connectivity index (χ0v) is 17.0. The molecular weight excluding hydrogens is 396 g/mol. The molecule has 6 heteroatoms. The number of ketones is 1. The van der Waals surface area contributed by atoms with Crippen molar-refractivity contribution in [3.8, 4) is 16.3 Å². The van der Waals surface area contributed by atoms with Crippen molar-refractivity contribution in [3.05, 3.63) is 101 Å². The first kappa shape index (κ1) is 19.5. The summed E-state index contributed by atoms with van der Waals surface area (Å²) in [5, 5.41) is 3.44. The molecule has 4 aromatic rings. The average molecular weight is 414 g/mol. The lowest BCUT2D eigenvalue weighted by Gasteiger charge is -2.05. The standard InChI is InChI=1S/C24H18N2O3S/c1-29-19-14-12-18(13-15-19)24-26-22(25-23(28)17-10-6-3-7-11-17)21(30-24)20(27)16-8-4-2-5-9-16/h2-15H,1H3,(H,25,28). The lowest BCUT2D eigenvalue weighted by molar-refractivity contribution is 0.102. The molecule has 0 unspecified atom stereocenters. The van der Waals surface area contributed by atoms with Crippen molar-refractivity contribution in [1.29, 1.82) is 0 Å². The van der Waals surface area contributed by atoms with Gasteiger partial charge in [-0.05, 0) is 36.4 Å². The monoisotopic (exact) mass is 414 g/mol. The van der Waals surface area contributed by atoms with Gasteiger partial charge in [-0.25, -0.2) is 4.98 Å². The van der Waals surface area contributed by atoms with Gasteiger partial charge < -0.3 is 10.1 Å². The highest BCUT2D eigenvalue weighted by Gasteiger charge is 2.22. The van der Waals surface area contributed by atoms with Crippen molar-refractivity contribution in [3.63, 3.8) is 0 Å². The molecule has 0 saturated heterocycles. The van der Waals surface area contributed by atoms with Crippen LogP contribution in [0.3, 0.4) is 0 Å². The number of nitrogens with one attached hydrogen (secondary N) is 1. The molecule has 0 aliphatic rings. The first-order chi connectivity index (χ1) is 14.7. The topological polar surface area (TPSA) is 68.3 Å². The molecule has 0 radical (unpaired) electrons. The molecule has 4 rings (SSSR count). The van der Waals surface area contributed by atoms with Gasteiger partial charge in [0, 0.05) is 16.7 Å². The molecule has 0 bridgehead atoms. The van der Waals surface area contributed by atoms with Crippen LogP contribution in [-0.2, 0) is 0 Å². The molecule has 0 aliphatic heterocycles. The van der Waals surface area contributed by atoms with Gasteiger partial charge in [-0.1, -0.05) is 48.5 Å². The maximum Gasteiger partial charge on any atom is 0.256 e. The quantitative estimate of drug-likeness (QED) is 0.435. The largest absolute Gasteiger partial charge is 0.497 e. The molecule has 0 fully saturated rings. The van der Waals surface area contributed by atoms with Gasteiger partial charge in [0.15, 0.2) is 5.82 Å². The third kappa shape index (κ3) is 4.14. The Morgan fingerprint density at radius 3 is 2.03 bits per heavy atom. The van der Waals surface area contributed by atoms with E-state index >= 15 is 0 Å². The molecule has 0 saturated carbocycles. The molecule has 30 heavy (non-hydrogen) atoms. The van der Waals surface area contributed by atoms with Gasteiger partial charge >= 0.3 is 0 Å². The van der Waals surface area contributed by atoms with Crippen molar-refractivity contribution >= 4 is 28.8 Å². The third-order valence-corrected chi connectivity index (χ3v) is 5.58. The van der Waals surface area contributed by atoms with Crippen LogP contribution in [0, 0.1) is 0 Å². The Morgan fingerprint density at radius 1 is 0.833 bits per heavy atom. The number of ether oxygens (including phenoxy) is 1. The molecule has 1 heterocycles. The maximum atomic E-state index is 13.1. The van der Waals surface area contributed by atoms with E-state index in [1.54, 1.807) is 55.6 Å². The van der Waals surface area contributed by atoms with Crippen molar-refractivity contribution in [2.75, 3.05) is 12.4 Å². The number of aromatic nitrogens is 1. The Morgan fingerprint density at radius 2 is 1.43 bits per heavy atom. The van der Waals surface area contributed by atoms with Crippen molar-refractivity contribution in [1.82, 2.24) is 4.98 Å². The number of carbonyl (C=O) groups is 2. The van der Waals surface area contributed by atoms with Crippen LogP contribution in [0.5, 0.6) is 5.75 Å². The fourth-order valence-electron chi connectivity index (χ4n) is 2.91. The fourth-order valence-corrected chi connectivity index (χ4v) is 3.89. The number of carbonyl (C=O) groups excluding carboxylic acids is 2. The number of anilines is 1. The summed E-state index contributed by atoms with van der Waals surface area (Å²) < 4.78 is 5.20. The predicted molar refractivity (Wildman–Crippen MR) is 118 cm³/mol. The maximum absolute atomic E-state index is 13.1. The molecule has 148 valence electrons. The molecule has 1 aromatic heterocycles. The van der Waals surface area contributed by atoms with E-state index in [0.717, 1.165) is 11.3 Å². The van der Waals surface area contributed by atoms with E-state index in [1.807, 2.05) is 36.4 Å². The Hall–Kier alpha value is -3.77. The van der Waals surface area contributed by atoms with E-state index in [0.29, 0.717) is 21.0 Å². The Labute approximate surface area is 178 Å². The van der Waals surface area contributed by atoms with E-state index in [2.05, 4.69) is 10.3 Å². The van der Waals surface area contributed by atoms with Crippen LogP contribution in [-0.4, -0.2) is 23.8 Å². The highest BCUT2D eigenvalue weighted by Crippen LogP contribution is 2.33. The van der Waals surface area contributed by atoms with Crippen LogP contribution in [0.1, 0.15) is 25.6 Å². The van der Waals surface area contributed by atoms with Crippen LogP contribution in [0.25, 0.3) is 10.6 Å². The molecule has 1 amide bonds. The zero-order chi connectivity index (χ0) is 20.9. The summed E-state index contributed by atoms with van der Waals surface area (Å²) in [4.78, 5) is 30.8. The molecule has 0 spiro atoms. The van der Waals surface area contributed by atoms with Crippen LogP contribution in [0.15, 0.2) is 84.9 Å². The van der Waals surface area contributed by atoms with Gasteiger partial charge in [0.2, 0.25) is 5.78 Å². The summed E-state index contributed by atoms with van der Waals surface area (Å²) in [6.07, 6.45) is 0. The zero-order valence-electron chi connectivity index (χ0n) is 16.2. The summed E-state index contributed by atoms with van der Waals surface area (Å²) in [5.74, 6) is 0.488. The third-order valence-electron chi connectivity index (χ3n) is 4.47. The highest BCUT2D eigenvalue weighted by atomic mass is 32.1. The smallest absolute Gasteiger partial charge is 0.256 e. The number of methoxy groups -OCH3 is 1. The number of hydrogen-bond acceptors (Lipinski definition) is 5. The van der Waals surface area contributed by atoms with Gasteiger partial charge in [0.1, 0.15) is 15.6 Å². The lowest BCUT2D eigenvalue weighted by Crippen LogP contribution is -2.14. The molecular formula is C24H18N2O3S. The fraction of sp³-hybridized carbons (Fsp3) is 0.0417. The van der Waals surface area contributed by atoms with Crippen molar-refractivity contribution < 1.29 is 14.3 Å². The van der Waals surface area contributed by atoms with Gasteiger partial charge in [-0.15, -0.1) is 11.3 Å². The van der Waals surface area contributed by atoms with E-state index in [9.17, 15) is 9.59 Å². The summed E-state index contributed by atoms with van der Waals surface area (Å²) in [5.41, 5.74) is 1.87. The van der Waals surface area contributed by atoms with Gasteiger partial charge in [-0.2, -0.15) is 0 Å². The molecule has 1 N–H and O–H groups in total. The lowest BCUT2D eigenvalue weighted by atomic mass is 10.1. The number of benzene rings is 3. The number of amides is 1. The summed E-state index contributed by atoms with van der Waals surface area (Å²) in [7, 11) is 1.60. The number of rotatable bonds is 6. The van der Waals surface area contributed by atoms with Gasteiger partial charge in [-0.3, -0.25) is 9.59 Å². The summed E-state index contributed by atoms with van der Waals surface area (Å²) in [6.45, 7) is 0. The minimum absolute atomic E-state index is 0.184. The molecule has 5 nitrogen and oxygen atoms in total. The van der Waals surface area contributed by atoms with Gasteiger partial charge in [0.05, 0.1) is 7.11 Å². The first-order valence-corrected chi connectivity index (χ1v) is 10.1.